The second kappa shape index (κ2) is 6.83. The SMILES string of the molecule is COCc1cccc(NC(=O)C2(OC)CCNCC2)c1. The predicted octanol–water partition coefficient (Wildman–Crippen LogP) is 1.54. The van der Waals surface area contributed by atoms with Crippen LogP contribution in [0.5, 0.6) is 0 Å². The van der Waals surface area contributed by atoms with Crippen molar-refractivity contribution in [1.82, 2.24) is 5.32 Å². The Balaban J connectivity index is 2.08. The monoisotopic (exact) mass is 278 g/mol. The Bertz CT molecular complexity index is 456. The third kappa shape index (κ3) is 3.36. The Morgan fingerprint density at radius 2 is 2.10 bits per heavy atom. The van der Waals surface area contributed by atoms with E-state index in [1.165, 1.54) is 0 Å². The summed E-state index contributed by atoms with van der Waals surface area (Å²) in [7, 11) is 3.26. The van der Waals surface area contributed by atoms with Crippen LogP contribution in [0, 0.1) is 0 Å². The summed E-state index contributed by atoms with van der Waals surface area (Å²) >= 11 is 0. The highest BCUT2D eigenvalue weighted by Crippen LogP contribution is 2.24. The molecule has 0 unspecified atom stereocenters. The van der Waals surface area contributed by atoms with Crippen LogP contribution < -0.4 is 10.6 Å². The number of carbonyl (C=O) groups excluding carboxylic acids is 1. The number of carbonyl (C=O) groups is 1. The van der Waals surface area contributed by atoms with E-state index in [1.807, 2.05) is 24.3 Å². The number of piperidine rings is 1. The zero-order chi connectivity index (χ0) is 14.4. The number of amides is 1. The lowest BCUT2D eigenvalue weighted by Crippen LogP contribution is -2.51. The summed E-state index contributed by atoms with van der Waals surface area (Å²) in [6.07, 6.45) is 1.38. The topological polar surface area (TPSA) is 59.6 Å². The Kier molecular flexibility index (Phi) is 5.11. The van der Waals surface area contributed by atoms with E-state index in [1.54, 1.807) is 14.2 Å². The van der Waals surface area contributed by atoms with E-state index in [0.717, 1.165) is 24.3 Å². The Morgan fingerprint density at radius 1 is 1.35 bits per heavy atom. The third-order valence-corrected chi connectivity index (χ3v) is 3.71. The molecule has 1 aliphatic heterocycles. The van der Waals surface area contributed by atoms with Crippen molar-refractivity contribution in [2.24, 2.45) is 0 Å². The van der Waals surface area contributed by atoms with Crippen molar-refractivity contribution in [2.45, 2.75) is 25.0 Å². The van der Waals surface area contributed by atoms with Crippen molar-refractivity contribution in [3.8, 4) is 0 Å². The van der Waals surface area contributed by atoms with Gasteiger partial charge in [0, 0.05) is 19.9 Å². The highest BCUT2D eigenvalue weighted by Gasteiger charge is 2.39. The van der Waals surface area contributed by atoms with Crippen LogP contribution in [0.1, 0.15) is 18.4 Å². The number of ether oxygens (including phenoxy) is 2. The lowest BCUT2D eigenvalue weighted by atomic mass is 9.91. The molecule has 0 radical (unpaired) electrons. The van der Waals surface area contributed by atoms with Crippen molar-refractivity contribution < 1.29 is 14.3 Å². The highest BCUT2D eigenvalue weighted by molar-refractivity contribution is 5.97. The first-order valence-electron chi connectivity index (χ1n) is 6.85. The molecule has 1 amide bonds. The molecule has 5 nitrogen and oxygen atoms in total. The molecule has 1 aromatic carbocycles. The zero-order valence-corrected chi connectivity index (χ0v) is 12.1. The Morgan fingerprint density at radius 3 is 2.75 bits per heavy atom. The van der Waals surface area contributed by atoms with Crippen LogP contribution in [0.2, 0.25) is 0 Å². The van der Waals surface area contributed by atoms with Crippen LogP contribution in [0.3, 0.4) is 0 Å². The van der Waals surface area contributed by atoms with Gasteiger partial charge in [0.25, 0.3) is 5.91 Å². The van der Waals surface area contributed by atoms with E-state index < -0.39 is 5.60 Å². The molecule has 2 N–H and O–H groups in total. The summed E-state index contributed by atoms with van der Waals surface area (Å²) in [4.78, 5) is 12.5. The maximum Gasteiger partial charge on any atom is 0.256 e. The molecule has 20 heavy (non-hydrogen) atoms. The molecular formula is C15H22N2O3. The van der Waals surface area contributed by atoms with Crippen molar-refractivity contribution in [1.29, 1.82) is 0 Å². The average Bonchev–Trinajstić information content (AvgIpc) is 2.48. The highest BCUT2D eigenvalue weighted by atomic mass is 16.5. The van der Waals surface area contributed by atoms with Gasteiger partial charge >= 0.3 is 0 Å². The summed E-state index contributed by atoms with van der Waals surface area (Å²) in [5.41, 5.74) is 1.09. The smallest absolute Gasteiger partial charge is 0.256 e. The van der Waals surface area contributed by atoms with Gasteiger partial charge in [-0.25, -0.2) is 0 Å². The van der Waals surface area contributed by atoms with E-state index in [0.29, 0.717) is 19.4 Å². The van der Waals surface area contributed by atoms with Crippen molar-refractivity contribution >= 4 is 11.6 Å². The Hall–Kier alpha value is -1.43. The summed E-state index contributed by atoms with van der Waals surface area (Å²) in [6.45, 7) is 2.12. The molecule has 5 heteroatoms. The van der Waals surface area contributed by atoms with Gasteiger partial charge in [-0.3, -0.25) is 4.79 Å². The number of hydrogen-bond acceptors (Lipinski definition) is 4. The van der Waals surface area contributed by atoms with Crippen LogP contribution in [0.25, 0.3) is 0 Å². The first-order chi connectivity index (χ1) is 9.70. The summed E-state index contributed by atoms with van der Waals surface area (Å²) < 4.78 is 10.6. The van der Waals surface area contributed by atoms with E-state index in [2.05, 4.69) is 10.6 Å². The summed E-state index contributed by atoms with van der Waals surface area (Å²) in [6, 6.07) is 7.68. The largest absolute Gasteiger partial charge is 0.380 e. The maximum absolute atomic E-state index is 12.5. The summed E-state index contributed by atoms with van der Waals surface area (Å²) in [5, 5.41) is 6.20. The molecule has 0 aliphatic carbocycles. The van der Waals surface area contributed by atoms with E-state index in [9.17, 15) is 4.79 Å². The van der Waals surface area contributed by atoms with Gasteiger partial charge in [0.15, 0.2) is 0 Å². The van der Waals surface area contributed by atoms with Crippen molar-refractivity contribution in [3.05, 3.63) is 29.8 Å². The van der Waals surface area contributed by atoms with Gasteiger partial charge in [-0.1, -0.05) is 12.1 Å². The van der Waals surface area contributed by atoms with Gasteiger partial charge in [0.1, 0.15) is 5.60 Å². The molecule has 1 heterocycles. The molecule has 0 bridgehead atoms. The standard InChI is InChI=1S/C15H22N2O3/c1-19-11-12-4-3-5-13(10-12)17-14(18)15(20-2)6-8-16-9-7-15/h3-5,10,16H,6-9,11H2,1-2H3,(H,17,18). The van der Waals surface area contributed by atoms with Crippen molar-refractivity contribution in [2.75, 3.05) is 32.6 Å². The van der Waals surface area contributed by atoms with Crippen LogP contribution in [0.15, 0.2) is 24.3 Å². The minimum atomic E-state index is -0.720. The van der Waals surface area contributed by atoms with Gasteiger partial charge in [-0.2, -0.15) is 0 Å². The second-order valence-corrected chi connectivity index (χ2v) is 5.04. The fourth-order valence-corrected chi connectivity index (χ4v) is 2.51. The normalized spacial score (nSPS) is 17.7. The molecule has 0 spiro atoms. The molecule has 110 valence electrons. The fourth-order valence-electron chi connectivity index (χ4n) is 2.51. The lowest BCUT2D eigenvalue weighted by molar-refractivity contribution is -0.140. The summed E-state index contributed by atoms with van der Waals surface area (Å²) in [5.74, 6) is -0.0731. The number of rotatable bonds is 5. The van der Waals surface area contributed by atoms with Crippen LogP contribution in [0.4, 0.5) is 5.69 Å². The third-order valence-electron chi connectivity index (χ3n) is 3.71. The number of methoxy groups -OCH3 is 2. The first kappa shape index (κ1) is 15.0. The van der Waals surface area contributed by atoms with E-state index in [-0.39, 0.29) is 5.91 Å². The van der Waals surface area contributed by atoms with E-state index in [4.69, 9.17) is 9.47 Å². The molecule has 0 saturated carbocycles. The van der Waals surface area contributed by atoms with Crippen LogP contribution in [-0.2, 0) is 20.9 Å². The zero-order valence-electron chi connectivity index (χ0n) is 12.1. The number of nitrogens with one attached hydrogen (secondary N) is 2. The predicted molar refractivity (Wildman–Crippen MR) is 77.6 cm³/mol. The molecule has 0 aromatic heterocycles. The number of anilines is 1. The van der Waals surface area contributed by atoms with Crippen LogP contribution >= 0.6 is 0 Å². The molecular weight excluding hydrogens is 256 g/mol. The van der Waals surface area contributed by atoms with Gasteiger partial charge in [-0.15, -0.1) is 0 Å². The molecule has 1 fully saturated rings. The lowest BCUT2D eigenvalue weighted by Gasteiger charge is -2.34. The molecule has 1 aromatic rings. The fraction of sp³-hybridized carbons (Fsp3) is 0.533. The van der Waals surface area contributed by atoms with Gasteiger partial charge in [0.2, 0.25) is 0 Å². The molecule has 2 rings (SSSR count). The first-order valence-corrected chi connectivity index (χ1v) is 6.85. The molecule has 1 aliphatic rings. The number of benzene rings is 1. The van der Waals surface area contributed by atoms with E-state index >= 15 is 0 Å². The number of hydrogen-bond donors (Lipinski definition) is 2. The van der Waals surface area contributed by atoms with Crippen molar-refractivity contribution in [3.63, 3.8) is 0 Å². The molecule has 0 atom stereocenters. The quantitative estimate of drug-likeness (QED) is 0.858. The minimum Gasteiger partial charge on any atom is -0.380 e. The minimum absolute atomic E-state index is 0.0731. The van der Waals surface area contributed by atoms with Gasteiger partial charge < -0.3 is 20.1 Å². The van der Waals surface area contributed by atoms with Gasteiger partial charge in [0.05, 0.1) is 6.61 Å². The second-order valence-electron chi connectivity index (χ2n) is 5.04. The van der Waals surface area contributed by atoms with Gasteiger partial charge in [-0.05, 0) is 43.6 Å². The Labute approximate surface area is 119 Å². The van der Waals surface area contributed by atoms with Crippen LogP contribution in [-0.4, -0.2) is 38.8 Å². The molecule has 1 saturated heterocycles. The average molecular weight is 278 g/mol. The maximum atomic E-state index is 12.5.